The lowest BCUT2D eigenvalue weighted by atomic mass is 10.3. The second-order valence-electron chi connectivity index (χ2n) is 4.49. The largest absolute Gasteiger partial charge is 0.369 e. The van der Waals surface area contributed by atoms with Gasteiger partial charge in [0.1, 0.15) is 11.6 Å². The fourth-order valence-corrected chi connectivity index (χ4v) is 2.54. The van der Waals surface area contributed by atoms with Gasteiger partial charge in [-0.25, -0.2) is 4.98 Å². The number of nitrogens with zero attached hydrogens (tertiary/aromatic N) is 3. The van der Waals surface area contributed by atoms with Gasteiger partial charge in [0.05, 0.1) is 22.3 Å². The molecule has 0 saturated heterocycles. The van der Waals surface area contributed by atoms with Crippen LogP contribution < -0.4 is 10.2 Å². The van der Waals surface area contributed by atoms with E-state index in [0.717, 1.165) is 18.8 Å². The maximum Gasteiger partial charge on any atom is 0.150 e. The lowest BCUT2D eigenvalue weighted by molar-refractivity contribution is 0.794. The Bertz CT molecular complexity index is 590. The molecular formula is C15H18Cl2N4. The number of hydrogen-bond donors (Lipinski definition) is 1. The van der Waals surface area contributed by atoms with Crippen LogP contribution >= 0.6 is 23.2 Å². The number of halogens is 2. The first kappa shape index (κ1) is 15.9. The van der Waals surface area contributed by atoms with Crippen molar-refractivity contribution in [2.45, 2.75) is 20.4 Å². The third-order valence-corrected chi connectivity index (χ3v) is 3.58. The minimum Gasteiger partial charge on any atom is -0.369 e. The van der Waals surface area contributed by atoms with Crippen LogP contribution in [0.1, 0.15) is 19.5 Å². The predicted molar refractivity (Wildman–Crippen MR) is 89.4 cm³/mol. The molecule has 0 aliphatic rings. The van der Waals surface area contributed by atoms with E-state index in [1.54, 1.807) is 12.3 Å². The molecule has 2 heterocycles. The van der Waals surface area contributed by atoms with Crippen LogP contribution in [0, 0.1) is 0 Å². The molecule has 0 bridgehead atoms. The highest BCUT2D eigenvalue weighted by Gasteiger charge is 2.15. The molecule has 0 atom stereocenters. The predicted octanol–water partition coefficient (Wildman–Crippen LogP) is 4.24. The first-order chi connectivity index (χ1) is 10.2. The van der Waals surface area contributed by atoms with Gasteiger partial charge in [0, 0.05) is 19.3 Å². The van der Waals surface area contributed by atoms with Crippen LogP contribution in [0.5, 0.6) is 0 Å². The number of anilines is 2. The molecule has 6 heteroatoms. The summed E-state index contributed by atoms with van der Waals surface area (Å²) < 4.78 is 0. The Kier molecular flexibility index (Phi) is 5.65. The van der Waals surface area contributed by atoms with Gasteiger partial charge in [0.15, 0.2) is 0 Å². The second kappa shape index (κ2) is 7.48. The van der Waals surface area contributed by atoms with Crippen molar-refractivity contribution in [1.82, 2.24) is 9.97 Å². The molecule has 0 amide bonds. The molecule has 4 nitrogen and oxygen atoms in total. The summed E-state index contributed by atoms with van der Waals surface area (Å²) >= 11 is 12.5. The van der Waals surface area contributed by atoms with E-state index < -0.39 is 0 Å². The van der Waals surface area contributed by atoms with E-state index in [4.69, 9.17) is 23.2 Å². The zero-order chi connectivity index (χ0) is 15.2. The lowest BCUT2D eigenvalue weighted by Gasteiger charge is -2.23. The number of aromatic nitrogens is 2. The highest BCUT2D eigenvalue weighted by molar-refractivity contribution is 6.37. The maximum atomic E-state index is 6.30. The van der Waals surface area contributed by atoms with Gasteiger partial charge in [-0.3, -0.25) is 4.98 Å². The van der Waals surface area contributed by atoms with Crippen molar-refractivity contribution < 1.29 is 0 Å². The first-order valence-electron chi connectivity index (χ1n) is 6.90. The summed E-state index contributed by atoms with van der Waals surface area (Å²) in [6.07, 6.45) is 1.78. The molecule has 0 fully saturated rings. The van der Waals surface area contributed by atoms with Crippen LogP contribution in [0.3, 0.4) is 0 Å². The molecule has 2 aromatic rings. The summed E-state index contributed by atoms with van der Waals surface area (Å²) in [6.45, 7) is 6.23. The van der Waals surface area contributed by atoms with Gasteiger partial charge >= 0.3 is 0 Å². The van der Waals surface area contributed by atoms with Gasteiger partial charge in [-0.05, 0) is 32.0 Å². The lowest BCUT2D eigenvalue weighted by Crippen LogP contribution is -2.24. The maximum absolute atomic E-state index is 6.30. The van der Waals surface area contributed by atoms with Gasteiger partial charge in [-0.2, -0.15) is 0 Å². The quantitative estimate of drug-likeness (QED) is 0.862. The Balaban J connectivity index is 2.31. The third kappa shape index (κ3) is 3.99. The zero-order valence-corrected chi connectivity index (χ0v) is 13.6. The Labute approximate surface area is 135 Å². The van der Waals surface area contributed by atoms with E-state index in [-0.39, 0.29) is 0 Å². The zero-order valence-electron chi connectivity index (χ0n) is 12.1. The summed E-state index contributed by atoms with van der Waals surface area (Å²) in [5.74, 6) is 1.36. The Morgan fingerprint density at radius 3 is 2.62 bits per heavy atom. The molecule has 2 aromatic heterocycles. The molecule has 0 saturated carbocycles. The van der Waals surface area contributed by atoms with Crippen molar-refractivity contribution >= 4 is 34.8 Å². The molecule has 0 unspecified atom stereocenters. The van der Waals surface area contributed by atoms with E-state index in [2.05, 4.69) is 27.1 Å². The molecule has 0 aliphatic heterocycles. The van der Waals surface area contributed by atoms with Crippen LogP contribution in [-0.4, -0.2) is 23.1 Å². The van der Waals surface area contributed by atoms with Crippen LogP contribution in [0.2, 0.25) is 10.0 Å². The third-order valence-electron chi connectivity index (χ3n) is 3.02. The molecule has 21 heavy (non-hydrogen) atoms. The van der Waals surface area contributed by atoms with Crippen LogP contribution in [0.15, 0.2) is 30.5 Å². The van der Waals surface area contributed by atoms with Crippen LogP contribution in [-0.2, 0) is 6.54 Å². The van der Waals surface area contributed by atoms with Crippen molar-refractivity contribution in [3.8, 4) is 0 Å². The summed E-state index contributed by atoms with van der Waals surface area (Å²) in [5, 5.41) is 4.21. The molecule has 2 rings (SSSR count). The first-order valence-corrected chi connectivity index (χ1v) is 7.66. The number of rotatable bonds is 6. The van der Waals surface area contributed by atoms with E-state index in [0.29, 0.717) is 28.2 Å². The van der Waals surface area contributed by atoms with Gasteiger partial charge in [-0.1, -0.05) is 29.3 Å². The Morgan fingerprint density at radius 1 is 1.19 bits per heavy atom. The monoisotopic (exact) mass is 324 g/mol. The van der Waals surface area contributed by atoms with E-state index in [9.17, 15) is 0 Å². The second-order valence-corrected chi connectivity index (χ2v) is 5.30. The fourth-order valence-electron chi connectivity index (χ4n) is 1.99. The number of nitrogens with one attached hydrogen (secondary N) is 1. The molecule has 0 aromatic carbocycles. The average molecular weight is 325 g/mol. The van der Waals surface area contributed by atoms with E-state index in [1.165, 1.54) is 0 Å². The number of pyridine rings is 2. The minimum atomic E-state index is 0.527. The van der Waals surface area contributed by atoms with Gasteiger partial charge in [-0.15, -0.1) is 0 Å². The normalized spacial score (nSPS) is 10.5. The summed E-state index contributed by atoms with van der Waals surface area (Å²) in [6, 6.07) is 7.58. The molecule has 0 spiro atoms. The molecular weight excluding hydrogens is 307 g/mol. The highest BCUT2D eigenvalue weighted by atomic mass is 35.5. The summed E-state index contributed by atoms with van der Waals surface area (Å²) in [5.41, 5.74) is 0.970. The van der Waals surface area contributed by atoms with Gasteiger partial charge in [0.2, 0.25) is 0 Å². The smallest absolute Gasteiger partial charge is 0.150 e. The van der Waals surface area contributed by atoms with Crippen molar-refractivity contribution in [1.29, 1.82) is 0 Å². The number of hydrogen-bond acceptors (Lipinski definition) is 4. The van der Waals surface area contributed by atoms with E-state index >= 15 is 0 Å². The Morgan fingerprint density at radius 2 is 2.00 bits per heavy atom. The molecule has 112 valence electrons. The molecule has 0 aliphatic carbocycles. The average Bonchev–Trinajstić information content (AvgIpc) is 2.49. The SMILES string of the molecule is CCNc1nc(N(CC)Cc2ccccn2)c(Cl)cc1Cl. The summed E-state index contributed by atoms with van der Waals surface area (Å²) in [7, 11) is 0. The van der Waals surface area contributed by atoms with Crippen LogP contribution in [0.4, 0.5) is 11.6 Å². The standard InChI is InChI=1S/C15H18Cl2N4/c1-3-18-14-12(16)9-13(17)15(20-14)21(4-2)10-11-7-5-6-8-19-11/h5-9H,3-4,10H2,1-2H3,(H,18,20). The van der Waals surface area contributed by atoms with Crippen molar-refractivity contribution in [3.05, 3.63) is 46.2 Å². The van der Waals surface area contributed by atoms with Crippen LogP contribution in [0.25, 0.3) is 0 Å². The topological polar surface area (TPSA) is 41.1 Å². The minimum absolute atomic E-state index is 0.527. The highest BCUT2D eigenvalue weighted by Crippen LogP contribution is 2.32. The van der Waals surface area contributed by atoms with Gasteiger partial charge < -0.3 is 10.2 Å². The molecule has 0 radical (unpaired) electrons. The van der Waals surface area contributed by atoms with Gasteiger partial charge in [0.25, 0.3) is 0 Å². The van der Waals surface area contributed by atoms with E-state index in [1.807, 2.05) is 25.1 Å². The van der Waals surface area contributed by atoms with Crippen molar-refractivity contribution in [2.75, 3.05) is 23.3 Å². The fraction of sp³-hybridized carbons (Fsp3) is 0.333. The van der Waals surface area contributed by atoms with Crippen molar-refractivity contribution in [3.63, 3.8) is 0 Å². The molecule has 1 N–H and O–H groups in total. The Hall–Kier alpha value is -1.52. The van der Waals surface area contributed by atoms with Crippen molar-refractivity contribution in [2.24, 2.45) is 0 Å². The summed E-state index contributed by atoms with van der Waals surface area (Å²) in [4.78, 5) is 11.0.